The van der Waals surface area contributed by atoms with Gasteiger partial charge >= 0.3 is 0 Å². The summed E-state index contributed by atoms with van der Waals surface area (Å²) in [6.45, 7) is 0.608. The van der Waals surface area contributed by atoms with Crippen molar-refractivity contribution in [3.63, 3.8) is 0 Å². The van der Waals surface area contributed by atoms with Gasteiger partial charge in [0.15, 0.2) is 0 Å². The van der Waals surface area contributed by atoms with Crippen LogP contribution in [0.15, 0.2) is 29.1 Å². The van der Waals surface area contributed by atoms with Crippen molar-refractivity contribution in [2.75, 3.05) is 11.9 Å². The molecule has 0 aliphatic heterocycles. The number of aromatic nitrogens is 2. The van der Waals surface area contributed by atoms with Crippen LogP contribution < -0.4 is 4.74 Å². The van der Waals surface area contributed by atoms with E-state index in [0.717, 1.165) is 17.3 Å². The molecule has 0 bridgehead atoms. The monoisotopic (exact) mass is 316 g/mol. The zero-order chi connectivity index (χ0) is 12.1. The number of ether oxygens (including phenoxy) is 1. The van der Waals surface area contributed by atoms with Crippen molar-refractivity contribution in [1.29, 1.82) is 0 Å². The van der Waals surface area contributed by atoms with Crippen molar-refractivity contribution in [2.45, 2.75) is 6.42 Å². The van der Waals surface area contributed by atoms with Gasteiger partial charge in [-0.15, -0.1) is 0 Å². The van der Waals surface area contributed by atoms with E-state index in [1.165, 1.54) is 6.39 Å². The smallest absolute Gasteiger partial charge is 0.214 e. The first-order chi connectivity index (χ1) is 8.31. The molecule has 0 N–H and O–H groups in total. The summed E-state index contributed by atoms with van der Waals surface area (Å²) in [5.41, 5.74) is 0.776. The van der Waals surface area contributed by atoms with Gasteiger partial charge in [-0.1, -0.05) is 32.7 Å². The second-order valence-corrected chi connectivity index (χ2v) is 4.52. The minimum absolute atomic E-state index is 0.496. The van der Waals surface area contributed by atoms with Crippen LogP contribution in [0.5, 0.6) is 5.75 Å². The van der Waals surface area contributed by atoms with Gasteiger partial charge in [-0.3, -0.25) is 0 Å². The minimum Gasteiger partial charge on any atom is -0.493 e. The fraction of sp³-hybridized carbons (Fsp3) is 0.273. The second kappa shape index (κ2) is 6.02. The lowest BCUT2D eigenvalue weighted by molar-refractivity contribution is 0.320. The van der Waals surface area contributed by atoms with E-state index in [0.29, 0.717) is 23.2 Å². The largest absolute Gasteiger partial charge is 0.493 e. The van der Waals surface area contributed by atoms with E-state index in [9.17, 15) is 0 Å². The highest BCUT2D eigenvalue weighted by molar-refractivity contribution is 9.09. The van der Waals surface area contributed by atoms with Crippen LogP contribution in [0.4, 0.5) is 0 Å². The van der Waals surface area contributed by atoms with Crippen molar-refractivity contribution in [2.24, 2.45) is 0 Å². The number of hydrogen-bond acceptors (Lipinski definition) is 4. The van der Waals surface area contributed by atoms with Gasteiger partial charge in [-0.25, -0.2) is 0 Å². The van der Waals surface area contributed by atoms with Gasteiger partial charge in [0.2, 0.25) is 12.2 Å². The SMILES string of the molecule is Clc1ccc(-c2ncon2)c(OCCCBr)c1. The average Bonchev–Trinajstić information content (AvgIpc) is 2.83. The van der Waals surface area contributed by atoms with Gasteiger partial charge < -0.3 is 9.26 Å². The quantitative estimate of drug-likeness (QED) is 0.625. The first-order valence-corrected chi connectivity index (χ1v) is 6.56. The lowest BCUT2D eigenvalue weighted by atomic mass is 10.2. The van der Waals surface area contributed by atoms with Gasteiger partial charge in [-0.2, -0.15) is 4.98 Å². The van der Waals surface area contributed by atoms with Crippen molar-refractivity contribution < 1.29 is 9.26 Å². The van der Waals surface area contributed by atoms with Crippen molar-refractivity contribution in [3.05, 3.63) is 29.6 Å². The molecule has 4 nitrogen and oxygen atoms in total. The summed E-state index contributed by atoms with van der Waals surface area (Å²) in [6, 6.07) is 5.34. The molecule has 0 fully saturated rings. The molecule has 0 atom stereocenters. The Labute approximate surface area is 112 Å². The molecule has 1 aromatic carbocycles. The number of nitrogens with zero attached hydrogens (tertiary/aromatic N) is 2. The third-order valence-corrected chi connectivity index (χ3v) is 2.88. The van der Waals surface area contributed by atoms with Crippen LogP contribution in [0, 0.1) is 0 Å². The zero-order valence-corrected chi connectivity index (χ0v) is 11.2. The third-order valence-electron chi connectivity index (χ3n) is 2.08. The fourth-order valence-electron chi connectivity index (χ4n) is 1.33. The maximum Gasteiger partial charge on any atom is 0.214 e. The van der Waals surface area contributed by atoms with Gasteiger partial charge in [0, 0.05) is 10.4 Å². The summed E-state index contributed by atoms with van der Waals surface area (Å²) in [5.74, 6) is 1.16. The van der Waals surface area contributed by atoms with E-state index in [1.807, 2.05) is 6.07 Å². The number of hydrogen-bond donors (Lipinski definition) is 0. The Morgan fingerprint density at radius 3 is 3.00 bits per heavy atom. The molecule has 0 spiro atoms. The Bertz CT molecular complexity index is 476. The molecule has 90 valence electrons. The van der Waals surface area contributed by atoms with Gasteiger partial charge in [-0.05, 0) is 24.6 Å². The van der Waals surface area contributed by atoms with E-state index >= 15 is 0 Å². The molecule has 0 aliphatic rings. The van der Waals surface area contributed by atoms with Gasteiger partial charge in [0.25, 0.3) is 0 Å². The number of alkyl halides is 1. The normalized spacial score (nSPS) is 10.5. The van der Waals surface area contributed by atoms with Crippen molar-refractivity contribution in [3.8, 4) is 17.1 Å². The number of rotatable bonds is 5. The molecule has 1 aromatic heterocycles. The van der Waals surface area contributed by atoms with Crippen LogP contribution in [-0.2, 0) is 0 Å². The Balaban J connectivity index is 2.25. The van der Waals surface area contributed by atoms with Crippen LogP contribution in [0.2, 0.25) is 5.02 Å². The summed E-state index contributed by atoms with van der Waals surface area (Å²) < 4.78 is 10.4. The predicted octanol–water partition coefficient (Wildman–Crippen LogP) is 3.55. The van der Waals surface area contributed by atoms with E-state index in [2.05, 4.69) is 26.1 Å². The summed E-state index contributed by atoms with van der Waals surface area (Å²) in [7, 11) is 0. The zero-order valence-electron chi connectivity index (χ0n) is 8.90. The molecule has 17 heavy (non-hydrogen) atoms. The third kappa shape index (κ3) is 3.20. The van der Waals surface area contributed by atoms with Gasteiger partial charge in [0.05, 0.1) is 12.2 Å². The fourth-order valence-corrected chi connectivity index (χ4v) is 1.72. The molecule has 2 aromatic rings. The Morgan fingerprint density at radius 2 is 2.29 bits per heavy atom. The average molecular weight is 318 g/mol. The van der Waals surface area contributed by atoms with E-state index < -0.39 is 0 Å². The molecule has 0 unspecified atom stereocenters. The number of halogens is 2. The maximum atomic E-state index is 5.94. The molecule has 0 aliphatic carbocycles. The van der Waals surface area contributed by atoms with Crippen molar-refractivity contribution in [1.82, 2.24) is 10.1 Å². The first kappa shape index (κ1) is 12.4. The van der Waals surface area contributed by atoms with E-state index in [-0.39, 0.29) is 0 Å². The standard InChI is InChI=1S/C11H10BrClN2O2/c12-4-1-5-16-10-6-8(13)2-3-9(10)11-14-7-17-15-11/h2-3,6-7H,1,4-5H2. The highest BCUT2D eigenvalue weighted by Crippen LogP contribution is 2.30. The highest BCUT2D eigenvalue weighted by Gasteiger charge is 2.11. The molecule has 0 amide bonds. The predicted molar refractivity (Wildman–Crippen MR) is 68.7 cm³/mol. The summed E-state index contributed by atoms with van der Waals surface area (Å²) in [5, 5.41) is 5.30. The van der Waals surface area contributed by atoms with Crippen LogP contribution in [0.25, 0.3) is 11.4 Å². The van der Waals surface area contributed by atoms with E-state index in [1.54, 1.807) is 12.1 Å². The highest BCUT2D eigenvalue weighted by atomic mass is 79.9. The second-order valence-electron chi connectivity index (χ2n) is 3.29. The maximum absolute atomic E-state index is 5.94. The molecule has 2 rings (SSSR count). The van der Waals surface area contributed by atoms with Crippen LogP contribution in [0.3, 0.4) is 0 Å². The lowest BCUT2D eigenvalue weighted by Gasteiger charge is -2.09. The summed E-state index contributed by atoms with van der Waals surface area (Å²) in [4.78, 5) is 3.99. The molecular formula is C11H10BrClN2O2. The summed E-state index contributed by atoms with van der Waals surface area (Å²) in [6.07, 6.45) is 2.20. The molecular weight excluding hydrogens is 307 g/mol. The topological polar surface area (TPSA) is 48.2 Å². The van der Waals surface area contributed by atoms with Crippen LogP contribution >= 0.6 is 27.5 Å². The van der Waals surface area contributed by atoms with Crippen LogP contribution in [-0.4, -0.2) is 22.1 Å². The lowest BCUT2D eigenvalue weighted by Crippen LogP contribution is -1.99. The molecule has 0 saturated carbocycles. The molecule has 0 saturated heterocycles. The first-order valence-electron chi connectivity index (χ1n) is 5.06. The molecule has 1 heterocycles. The minimum atomic E-state index is 0.496. The van der Waals surface area contributed by atoms with Crippen LogP contribution in [0.1, 0.15) is 6.42 Å². The van der Waals surface area contributed by atoms with Crippen molar-refractivity contribution >= 4 is 27.5 Å². The Hall–Kier alpha value is -1.07. The molecule has 0 radical (unpaired) electrons. The Morgan fingerprint density at radius 1 is 1.41 bits per heavy atom. The van der Waals surface area contributed by atoms with Gasteiger partial charge in [0.1, 0.15) is 5.75 Å². The number of benzene rings is 1. The summed E-state index contributed by atoms with van der Waals surface area (Å²) >= 11 is 9.29. The molecule has 6 heteroatoms. The van der Waals surface area contributed by atoms with E-state index in [4.69, 9.17) is 20.9 Å². The Kier molecular flexibility index (Phi) is 4.39.